The second kappa shape index (κ2) is 5.12. The first kappa shape index (κ1) is 13.7. The van der Waals surface area contributed by atoms with Gasteiger partial charge in [-0.1, -0.05) is 11.6 Å². The van der Waals surface area contributed by atoms with Crippen LogP contribution in [0.15, 0.2) is 18.2 Å². The molecular weight excluding hydrogens is 276 g/mol. The molecule has 7 nitrogen and oxygen atoms in total. The third kappa shape index (κ3) is 2.67. The summed E-state index contributed by atoms with van der Waals surface area (Å²) in [5.41, 5.74) is -0.259. The van der Waals surface area contributed by atoms with E-state index in [0.717, 1.165) is 6.07 Å². The molecule has 1 aliphatic rings. The zero-order valence-corrected chi connectivity index (χ0v) is 10.4. The van der Waals surface area contributed by atoms with E-state index in [1.807, 2.05) is 0 Å². The van der Waals surface area contributed by atoms with Crippen molar-refractivity contribution in [3.8, 4) is 0 Å². The summed E-state index contributed by atoms with van der Waals surface area (Å²) in [6.07, 6.45) is -2.03. The Labute approximate surface area is 113 Å². The van der Waals surface area contributed by atoms with Gasteiger partial charge in [0.25, 0.3) is 11.6 Å². The van der Waals surface area contributed by atoms with Crippen LogP contribution >= 0.6 is 11.6 Å². The number of hydrogen-bond donors (Lipinski definition) is 2. The highest BCUT2D eigenvalue weighted by molar-refractivity contribution is 6.33. The second-order valence-electron chi connectivity index (χ2n) is 4.27. The van der Waals surface area contributed by atoms with E-state index in [4.69, 9.17) is 11.6 Å². The van der Waals surface area contributed by atoms with E-state index in [9.17, 15) is 25.1 Å². The van der Waals surface area contributed by atoms with Crippen LogP contribution in [0.4, 0.5) is 5.69 Å². The zero-order valence-electron chi connectivity index (χ0n) is 9.69. The Morgan fingerprint density at radius 2 is 1.95 bits per heavy atom. The molecule has 0 aliphatic carbocycles. The highest BCUT2D eigenvalue weighted by Gasteiger charge is 2.34. The van der Waals surface area contributed by atoms with Crippen molar-refractivity contribution >= 4 is 23.2 Å². The van der Waals surface area contributed by atoms with Crippen molar-refractivity contribution in [3.05, 3.63) is 38.9 Å². The number of non-ortho nitro benzene ring substituents is 1. The first-order valence-corrected chi connectivity index (χ1v) is 5.87. The standard InChI is InChI=1S/C11H11ClN2O5/c12-8-2-1-6(14(18)19)3-7(8)11(17)13-4-9(15)10(16)5-13/h1-3,9-10,15-16H,4-5H2. The van der Waals surface area contributed by atoms with Crippen LogP contribution in [-0.2, 0) is 0 Å². The highest BCUT2D eigenvalue weighted by atomic mass is 35.5. The van der Waals surface area contributed by atoms with Crippen LogP contribution in [0.1, 0.15) is 10.4 Å². The number of carbonyl (C=O) groups excluding carboxylic acids is 1. The molecular formula is C11H11ClN2O5. The molecule has 102 valence electrons. The van der Waals surface area contributed by atoms with Gasteiger partial charge in [0.15, 0.2) is 0 Å². The molecule has 1 saturated heterocycles. The van der Waals surface area contributed by atoms with Gasteiger partial charge >= 0.3 is 0 Å². The van der Waals surface area contributed by atoms with Crippen LogP contribution in [0.3, 0.4) is 0 Å². The first-order chi connectivity index (χ1) is 8.90. The molecule has 8 heteroatoms. The van der Waals surface area contributed by atoms with Crippen LogP contribution in [0.5, 0.6) is 0 Å². The minimum Gasteiger partial charge on any atom is -0.388 e. The van der Waals surface area contributed by atoms with Gasteiger partial charge in [-0.25, -0.2) is 0 Å². The van der Waals surface area contributed by atoms with Crippen molar-refractivity contribution < 1.29 is 19.9 Å². The molecule has 1 aromatic carbocycles. The summed E-state index contributed by atoms with van der Waals surface area (Å²) in [5.74, 6) is -0.552. The van der Waals surface area contributed by atoms with E-state index in [-0.39, 0.29) is 29.4 Å². The number of β-amino-alcohol motifs (C(OH)–C–C–N with tert-alkyl or cyclic N) is 2. The molecule has 0 saturated carbocycles. The summed E-state index contributed by atoms with van der Waals surface area (Å²) < 4.78 is 0. The number of hydrogen-bond acceptors (Lipinski definition) is 5. The molecule has 0 radical (unpaired) electrons. The fraction of sp³-hybridized carbons (Fsp3) is 0.364. The first-order valence-electron chi connectivity index (χ1n) is 5.49. The van der Waals surface area contributed by atoms with Gasteiger partial charge in [0, 0.05) is 25.2 Å². The number of nitro benzene ring substituents is 1. The Morgan fingerprint density at radius 1 is 1.37 bits per heavy atom. The van der Waals surface area contributed by atoms with Gasteiger partial charge in [-0.2, -0.15) is 0 Å². The molecule has 1 heterocycles. The highest BCUT2D eigenvalue weighted by Crippen LogP contribution is 2.24. The number of carbonyl (C=O) groups is 1. The topological polar surface area (TPSA) is 104 Å². The zero-order chi connectivity index (χ0) is 14.2. The number of aliphatic hydroxyl groups is 2. The number of nitro groups is 1. The molecule has 2 rings (SSSR count). The number of nitrogens with zero attached hydrogens (tertiary/aromatic N) is 2. The van der Waals surface area contributed by atoms with Crippen molar-refractivity contribution in [2.45, 2.75) is 12.2 Å². The van der Waals surface area contributed by atoms with Crippen LogP contribution < -0.4 is 0 Å². The summed E-state index contributed by atoms with van der Waals surface area (Å²) in [6.45, 7) is -0.0575. The van der Waals surface area contributed by atoms with Gasteiger partial charge < -0.3 is 15.1 Å². The summed E-state index contributed by atoms with van der Waals surface area (Å²) in [6, 6.07) is 3.56. The molecule has 0 spiro atoms. The van der Waals surface area contributed by atoms with Crippen molar-refractivity contribution in [1.29, 1.82) is 0 Å². The maximum absolute atomic E-state index is 12.1. The maximum Gasteiger partial charge on any atom is 0.270 e. The van der Waals surface area contributed by atoms with E-state index < -0.39 is 23.0 Å². The summed E-state index contributed by atoms with van der Waals surface area (Å²) >= 11 is 5.85. The van der Waals surface area contributed by atoms with Gasteiger partial charge in [-0.15, -0.1) is 0 Å². The predicted octanol–water partition coefficient (Wildman–Crippen LogP) is 0.426. The Balaban J connectivity index is 2.29. The van der Waals surface area contributed by atoms with Crippen molar-refractivity contribution in [2.24, 2.45) is 0 Å². The average Bonchev–Trinajstić information content (AvgIpc) is 2.69. The lowest BCUT2D eigenvalue weighted by atomic mass is 10.2. The second-order valence-corrected chi connectivity index (χ2v) is 4.67. The van der Waals surface area contributed by atoms with E-state index >= 15 is 0 Å². The Kier molecular flexibility index (Phi) is 3.70. The molecule has 1 aliphatic heterocycles. The van der Waals surface area contributed by atoms with Crippen LogP contribution in [-0.4, -0.2) is 51.2 Å². The maximum atomic E-state index is 12.1. The fourth-order valence-electron chi connectivity index (χ4n) is 1.90. The Hall–Kier alpha value is -1.70. The fourth-order valence-corrected chi connectivity index (χ4v) is 2.09. The van der Waals surface area contributed by atoms with E-state index in [0.29, 0.717) is 0 Å². The lowest BCUT2D eigenvalue weighted by Crippen LogP contribution is -2.30. The van der Waals surface area contributed by atoms with Gasteiger partial charge in [0.2, 0.25) is 0 Å². The number of benzene rings is 1. The minimum atomic E-state index is -1.01. The molecule has 19 heavy (non-hydrogen) atoms. The van der Waals surface area contributed by atoms with Crippen LogP contribution in [0, 0.1) is 10.1 Å². The number of likely N-dealkylation sites (tertiary alicyclic amines) is 1. The number of rotatable bonds is 2. The molecule has 2 atom stereocenters. The van der Waals surface area contributed by atoms with E-state index in [2.05, 4.69) is 0 Å². The van der Waals surface area contributed by atoms with Gasteiger partial charge in [-0.05, 0) is 6.07 Å². The molecule has 0 aromatic heterocycles. The lowest BCUT2D eigenvalue weighted by molar-refractivity contribution is -0.384. The molecule has 1 fully saturated rings. The van der Waals surface area contributed by atoms with Crippen LogP contribution in [0.2, 0.25) is 5.02 Å². The molecule has 2 N–H and O–H groups in total. The number of halogens is 1. The Bertz CT molecular complexity index is 526. The summed E-state index contributed by atoms with van der Waals surface area (Å²) in [4.78, 5) is 23.4. The number of aliphatic hydroxyl groups excluding tert-OH is 2. The largest absolute Gasteiger partial charge is 0.388 e. The van der Waals surface area contributed by atoms with Crippen molar-refractivity contribution in [3.63, 3.8) is 0 Å². The van der Waals surface area contributed by atoms with Gasteiger partial charge in [-0.3, -0.25) is 14.9 Å². The monoisotopic (exact) mass is 286 g/mol. The molecule has 1 aromatic rings. The SMILES string of the molecule is O=C(c1cc([N+](=O)[O-])ccc1Cl)N1CC(O)C(O)C1. The molecule has 0 bridgehead atoms. The third-order valence-electron chi connectivity index (χ3n) is 2.94. The predicted molar refractivity (Wildman–Crippen MR) is 66.0 cm³/mol. The average molecular weight is 287 g/mol. The van der Waals surface area contributed by atoms with Crippen molar-refractivity contribution in [2.75, 3.05) is 13.1 Å². The quantitative estimate of drug-likeness (QED) is 0.606. The molecule has 2 unspecified atom stereocenters. The number of amides is 1. The van der Waals surface area contributed by atoms with E-state index in [1.54, 1.807) is 0 Å². The lowest BCUT2D eigenvalue weighted by Gasteiger charge is -2.15. The molecule has 1 amide bonds. The Morgan fingerprint density at radius 3 is 2.47 bits per heavy atom. The van der Waals surface area contributed by atoms with E-state index in [1.165, 1.54) is 17.0 Å². The summed E-state index contributed by atoms with van der Waals surface area (Å²) in [5, 5.41) is 29.5. The summed E-state index contributed by atoms with van der Waals surface area (Å²) in [7, 11) is 0. The normalized spacial score (nSPS) is 22.6. The third-order valence-corrected chi connectivity index (χ3v) is 3.27. The minimum absolute atomic E-state index is 0.0165. The van der Waals surface area contributed by atoms with Crippen LogP contribution in [0.25, 0.3) is 0 Å². The van der Waals surface area contributed by atoms with Crippen molar-refractivity contribution in [1.82, 2.24) is 4.90 Å². The smallest absolute Gasteiger partial charge is 0.270 e. The van der Waals surface area contributed by atoms with Gasteiger partial charge in [0.05, 0.1) is 27.7 Å². The van der Waals surface area contributed by atoms with Gasteiger partial charge in [0.1, 0.15) is 0 Å².